The molecule has 0 fully saturated rings. The standard InChI is InChI=1S/C22H24O8/c1-13(22(25)26)20-15(7-10-19(23)24)6-9-17(28-3)21(20)30-12-14-5-8-16(27-2)18(11-14)29-4/h5-11,13H,12H2,1-4H3,(H,23,24)(H,25,26)/b10-7+/t13-/m1/s1. The van der Waals surface area contributed by atoms with Crippen LogP contribution in [0.4, 0.5) is 0 Å². The van der Waals surface area contributed by atoms with Crippen LogP contribution < -0.4 is 18.9 Å². The first-order valence-corrected chi connectivity index (χ1v) is 9.00. The van der Waals surface area contributed by atoms with Gasteiger partial charge in [0.15, 0.2) is 23.0 Å². The van der Waals surface area contributed by atoms with E-state index in [0.717, 1.165) is 11.6 Å². The summed E-state index contributed by atoms with van der Waals surface area (Å²) in [5.74, 6) is -1.52. The third-order valence-electron chi connectivity index (χ3n) is 4.45. The molecule has 0 aliphatic rings. The summed E-state index contributed by atoms with van der Waals surface area (Å²) in [5, 5.41) is 18.5. The van der Waals surface area contributed by atoms with Gasteiger partial charge < -0.3 is 29.2 Å². The van der Waals surface area contributed by atoms with Crippen LogP contribution in [0.1, 0.15) is 29.5 Å². The van der Waals surface area contributed by atoms with Crippen molar-refractivity contribution in [2.75, 3.05) is 21.3 Å². The lowest BCUT2D eigenvalue weighted by atomic mass is 9.93. The maximum Gasteiger partial charge on any atom is 0.328 e. The Kier molecular flexibility index (Phi) is 7.69. The van der Waals surface area contributed by atoms with Gasteiger partial charge in [-0.3, -0.25) is 4.79 Å². The van der Waals surface area contributed by atoms with Crippen LogP contribution in [0.5, 0.6) is 23.0 Å². The highest BCUT2D eigenvalue weighted by Crippen LogP contribution is 2.40. The van der Waals surface area contributed by atoms with Crippen molar-refractivity contribution in [2.45, 2.75) is 19.4 Å². The summed E-state index contributed by atoms with van der Waals surface area (Å²) >= 11 is 0. The van der Waals surface area contributed by atoms with E-state index in [9.17, 15) is 14.7 Å². The van der Waals surface area contributed by atoms with E-state index < -0.39 is 17.9 Å². The van der Waals surface area contributed by atoms with E-state index >= 15 is 0 Å². The Labute approximate surface area is 174 Å². The Bertz CT molecular complexity index is 948. The van der Waals surface area contributed by atoms with Gasteiger partial charge in [0.25, 0.3) is 0 Å². The molecule has 2 N–H and O–H groups in total. The SMILES string of the molecule is COc1ccc(COc2c(OC)ccc(/C=C/C(=O)O)c2[C@@H](C)C(=O)O)cc1OC. The van der Waals surface area contributed by atoms with Crippen molar-refractivity contribution in [1.29, 1.82) is 0 Å². The number of carboxylic acids is 2. The average Bonchev–Trinajstić information content (AvgIpc) is 2.74. The van der Waals surface area contributed by atoms with Crippen molar-refractivity contribution >= 4 is 18.0 Å². The Hall–Kier alpha value is -3.68. The van der Waals surface area contributed by atoms with Crippen molar-refractivity contribution in [3.8, 4) is 23.0 Å². The highest BCUT2D eigenvalue weighted by molar-refractivity contribution is 5.87. The molecule has 8 nitrogen and oxygen atoms in total. The second-order valence-electron chi connectivity index (χ2n) is 6.31. The molecular formula is C22H24O8. The topological polar surface area (TPSA) is 112 Å². The highest BCUT2D eigenvalue weighted by atomic mass is 16.5. The molecule has 0 amide bonds. The molecule has 2 rings (SSSR count). The van der Waals surface area contributed by atoms with Crippen molar-refractivity contribution < 1.29 is 38.7 Å². The Morgan fingerprint density at radius 1 is 0.967 bits per heavy atom. The molecular weight excluding hydrogens is 392 g/mol. The predicted octanol–water partition coefficient (Wildman–Crippen LogP) is 3.58. The highest BCUT2D eigenvalue weighted by Gasteiger charge is 2.25. The maximum atomic E-state index is 11.7. The lowest BCUT2D eigenvalue weighted by molar-refractivity contribution is -0.138. The van der Waals surface area contributed by atoms with Crippen LogP contribution in [-0.2, 0) is 16.2 Å². The van der Waals surface area contributed by atoms with Gasteiger partial charge in [-0.25, -0.2) is 4.79 Å². The first-order valence-electron chi connectivity index (χ1n) is 9.00. The molecule has 0 aliphatic heterocycles. The zero-order valence-electron chi connectivity index (χ0n) is 17.2. The summed E-state index contributed by atoms with van der Waals surface area (Å²) in [4.78, 5) is 22.6. The van der Waals surface area contributed by atoms with Gasteiger partial charge in [0, 0.05) is 11.6 Å². The van der Waals surface area contributed by atoms with E-state index in [0.29, 0.717) is 28.4 Å². The van der Waals surface area contributed by atoms with Crippen LogP contribution in [-0.4, -0.2) is 43.5 Å². The smallest absolute Gasteiger partial charge is 0.328 e. The van der Waals surface area contributed by atoms with E-state index in [2.05, 4.69) is 0 Å². The number of hydrogen-bond donors (Lipinski definition) is 2. The van der Waals surface area contributed by atoms with Crippen LogP contribution in [0.3, 0.4) is 0 Å². The monoisotopic (exact) mass is 416 g/mol. The lowest BCUT2D eigenvalue weighted by Gasteiger charge is -2.20. The Balaban J connectivity index is 2.50. The fraction of sp³-hybridized carbons (Fsp3) is 0.273. The molecule has 160 valence electrons. The van der Waals surface area contributed by atoms with Gasteiger partial charge >= 0.3 is 11.9 Å². The first-order chi connectivity index (χ1) is 14.3. The van der Waals surface area contributed by atoms with Crippen LogP contribution in [0, 0.1) is 0 Å². The van der Waals surface area contributed by atoms with Crippen molar-refractivity contribution in [3.05, 3.63) is 53.1 Å². The van der Waals surface area contributed by atoms with Gasteiger partial charge in [0.05, 0.1) is 27.2 Å². The molecule has 0 heterocycles. The summed E-state index contributed by atoms with van der Waals surface area (Å²) < 4.78 is 21.9. The lowest BCUT2D eigenvalue weighted by Crippen LogP contribution is -2.12. The second kappa shape index (κ2) is 10.2. The number of carboxylic acid groups (broad SMARTS) is 2. The molecule has 0 radical (unpaired) electrons. The minimum atomic E-state index is -1.15. The number of aliphatic carboxylic acids is 2. The number of carbonyl (C=O) groups is 2. The maximum absolute atomic E-state index is 11.7. The summed E-state index contributed by atoms with van der Waals surface area (Å²) in [6.45, 7) is 1.60. The van der Waals surface area contributed by atoms with Gasteiger partial charge in [-0.1, -0.05) is 12.1 Å². The van der Waals surface area contributed by atoms with Crippen LogP contribution in [0.25, 0.3) is 6.08 Å². The van der Waals surface area contributed by atoms with E-state index in [-0.39, 0.29) is 12.4 Å². The normalized spacial score (nSPS) is 11.7. The fourth-order valence-corrected chi connectivity index (χ4v) is 2.91. The van der Waals surface area contributed by atoms with Crippen LogP contribution >= 0.6 is 0 Å². The van der Waals surface area contributed by atoms with Gasteiger partial charge in [-0.05, 0) is 42.3 Å². The summed E-state index contributed by atoms with van der Waals surface area (Å²) in [7, 11) is 4.51. The van der Waals surface area contributed by atoms with Gasteiger partial charge in [-0.15, -0.1) is 0 Å². The average molecular weight is 416 g/mol. The molecule has 2 aromatic rings. The zero-order valence-corrected chi connectivity index (χ0v) is 17.2. The van der Waals surface area contributed by atoms with Gasteiger partial charge in [-0.2, -0.15) is 0 Å². The predicted molar refractivity (Wildman–Crippen MR) is 110 cm³/mol. The second-order valence-corrected chi connectivity index (χ2v) is 6.31. The molecule has 0 saturated carbocycles. The summed E-state index contributed by atoms with van der Waals surface area (Å²) in [5.41, 5.74) is 1.49. The summed E-state index contributed by atoms with van der Waals surface area (Å²) in [6.07, 6.45) is 2.28. The van der Waals surface area contributed by atoms with Gasteiger partial charge in [0.2, 0.25) is 0 Å². The molecule has 0 aromatic heterocycles. The quantitative estimate of drug-likeness (QED) is 0.566. The van der Waals surface area contributed by atoms with E-state index in [1.165, 1.54) is 34.3 Å². The molecule has 0 saturated heterocycles. The molecule has 0 spiro atoms. The number of rotatable bonds is 10. The third-order valence-corrected chi connectivity index (χ3v) is 4.45. The first kappa shape index (κ1) is 22.6. The Morgan fingerprint density at radius 3 is 2.17 bits per heavy atom. The zero-order chi connectivity index (χ0) is 22.3. The van der Waals surface area contributed by atoms with E-state index in [1.54, 1.807) is 30.3 Å². The van der Waals surface area contributed by atoms with Gasteiger partial charge in [0.1, 0.15) is 6.61 Å². The van der Waals surface area contributed by atoms with E-state index in [4.69, 9.17) is 24.1 Å². The molecule has 0 aliphatic carbocycles. The third kappa shape index (κ3) is 5.22. The van der Waals surface area contributed by atoms with E-state index in [1.807, 2.05) is 0 Å². The van der Waals surface area contributed by atoms with Crippen molar-refractivity contribution in [1.82, 2.24) is 0 Å². The number of benzene rings is 2. The molecule has 1 atom stereocenters. The van der Waals surface area contributed by atoms with Crippen LogP contribution in [0.15, 0.2) is 36.4 Å². The fourth-order valence-electron chi connectivity index (χ4n) is 2.91. The number of hydrogen-bond acceptors (Lipinski definition) is 6. The number of ether oxygens (including phenoxy) is 4. The number of methoxy groups -OCH3 is 3. The Morgan fingerprint density at radius 2 is 1.60 bits per heavy atom. The molecule has 0 bridgehead atoms. The molecule has 30 heavy (non-hydrogen) atoms. The minimum Gasteiger partial charge on any atom is -0.493 e. The molecule has 8 heteroatoms. The molecule has 2 aromatic carbocycles. The van der Waals surface area contributed by atoms with Crippen LogP contribution in [0.2, 0.25) is 0 Å². The van der Waals surface area contributed by atoms with Crippen molar-refractivity contribution in [2.24, 2.45) is 0 Å². The minimum absolute atomic E-state index is 0.0994. The molecule has 0 unspecified atom stereocenters. The van der Waals surface area contributed by atoms with Crippen molar-refractivity contribution in [3.63, 3.8) is 0 Å². The summed E-state index contributed by atoms with van der Waals surface area (Å²) in [6, 6.07) is 8.48. The largest absolute Gasteiger partial charge is 0.493 e.